The molecule has 0 bridgehead atoms. The number of aliphatic carboxylic acids is 1. The molecule has 0 amide bonds. The molecule has 12 heavy (non-hydrogen) atoms. The minimum Gasteiger partial charge on any atom is -0.503 e. The zero-order valence-corrected chi connectivity index (χ0v) is 6.48. The van der Waals surface area contributed by atoms with Gasteiger partial charge in [-0.3, -0.25) is 0 Å². The Labute approximate surface area is 69.1 Å². The van der Waals surface area contributed by atoms with E-state index in [2.05, 4.69) is 4.74 Å². The Kier molecular flexibility index (Phi) is 2.53. The lowest BCUT2D eigenvalue weighted by molar-refractivity contribution is -0.130. The zero-order chi connectivity index (χ0) is 8.97. The van der Waals surface area contributed by atoms with Gasteiger partial charge in [-0.2, -0.15) is 0 Å². The lowest BCUT2D eigenvalue weighted by Gasteiger charge is -1.96. The van der Waals surface area contributed by atoms with Crippen molar-refractivity contribution in [1.82, 2.24) is 0 Å². The number of carboxylic acids is 1. The lowest BCUT2D eigenvalue weighted by atomic mass is 10.2. The highest BCUT2D eigenvalue weighted by Gasteiger charge is 2.12. The second kappa shape index (κ2) is 3.61. The molecule has 0 aliphatic heterocycles. The molecule has 1 N–H and O–H groups in total. The van der Waals surface area contributed by atoms with E-state index in [4.69, 9.17) is 9.52 Å². The zero-order valence-electron chi connectivity index (χ0n) is 6.48. The third kappa shape index (κ3) is 1.66. The fourth-order valence-electron chi connectivity index (χ4n) is 0.764. The summed E-state index contributed by atoms with van der Waals surface area (Å²) in [5.74, 6) is -0.795. The molecular formula is C8H8O4. The Morgan fingerprint density at radius 3 is 2.92 bits per heavy atom. The first-order valence-corrected chi connectivity index (χ1v) is 3.26. The summed E-state index contributed by atoms with van der Waals surface area (Å²) in [7, 11) is 1.38. The summed E-state index contributed by atoms with van der Waals surface area (Å²) in [5.41, 5.74) is 0.00231. The third-order valence-corrected chi connectivity index (χ3v) is 1.25. The normalized spacial score (nSPS) is 11.2. The molecule has 1 aromatic rings. The predicted octanol–water partition coefficient (Wildman–Crippen LogP) is 1.35. The molecule has 4 heteroatoms. The Hall–Kier alpha value is -1.71. The van der Waals surface area contributed by atoms with Crippen molar-refractivity contribution in [3.05, 3.63) is 30.4 Å². The van der Waals surface area contributed by atoms with Gasteiger partial charge in [-0.25, -0.2) is 4.79 Å². The van der Waals surface area contributed by atoms with E-state index in [1.807, 2.05) is 0 Å². The van der Waals surface area contributed by atoms with Crippen LogP contribution in [0.1, 0.15) is 5.76 Å². The predicted molar refractivity (Wildman–Crippen MR) is 41.3 cm³/mol. The summed E-state index contributed by atoms with van der Waals surface area (Å²) in [6, 6.07) is 3.17. The van der Waals surface area contributed by atoms with Gasteiger partial charge in [0.1, 0.15) is 17.6 Å². The number of furan rings is 1. The number of hydrogen-bond donors (Lipinski definition) is 1. The van der Waals surface area contributed by atoms with Crippen molar-refractivity contribution in [2.45, 2.75) is 0 Å². The Bertz CT molecular complexity index is 284. The van der Waals surface area contributed by atoms with Crippen LogP contribution in [-0.4, -0.2) is 18.2 Å². The van der Waals surface area contributed by atoms with Gasteiger partial charge >= 0.3 is 5.97 Å². The van der Waals surface area contributed by atoms with E-state index in [9.17, 15) is 4.79 Å². The maximum absolute atomic E-state index is 10.6. The minimum atomic E-state index is -1.08. The molecule has 0 saturated carbocycles. The summed E-state index contributed by atoms with van der Waals surface area (Å²) < 4.78 is 9.47. The highest BCUT2D eigenvalue weighted by molar-refractivity contribution is 6.14. The van der Waals surface area contributed by atoms with Crippen LogP contribution < -0.4 is 0 Å². The van der Waals surface area contributed by atoms with Crippen molar-refractivity contribution in [2.75, 3.05) is 7.11 Å². The number of carbonyl (C=O) groups is 1. The molecule has 1 aromatic heterocycles. The van der Waals surface area contributed by atoms with Gasteiger partial charge in [0.05, 0.1) is 13.4 Å². The maximum atomic E-state index is 10.6. The van der Waals surface area contributed by atoms with E-state index >= 15 is 0 Å². The highest BCUT2D eigenvalue weighted by Crippen LogP contribution is 2.14. The van der Waals surface area contributed by atoms with Crippen LogP contribution in [0, 0.1) is 0 Å². The standard InChI is InChI=1S/C8H8O4/c1-11-5-6(8(9)10)7-3-2-4-12-7/h2-5H,1H3,(H,9,10)/b6-5+. The van der Waals surface area contributed by atoms with Crippen LogP contribution in [0.3, 0.4) is 0 Å². The molecule has 0 aliphatic rings. The second-order valence-electron chi connectivity index (χ2n) is 2.05. The van der Waals surface area contributed by atoms with Gasteiger partial charge < -0.3 is 14.3 Å². The summed E-state index contributed by atoms with van der Waals surface area (Å²) in [4.78, 5) is 10.6. The first-order chi connectivity index (χ1) is 5.75. The van der Waals surface area contributed by atoms with Gasteiger partial charge in [-0.1, -0.05) is 0 Å². The van der Waals surface area contributed by atoms with E-state index in [1.165, 1.54) is 13.4 Å². The average molecular weight is 168 g/mol. The second-order valence-corrected chi connectivity index (χ2v) is 2.05. The highest BCUT2D eigenvalue weighted by atomic mass is 16.5. The Morgan fingerprint density at radius 1 is 1.75 bits per heavy atom. The maximum Gasteiger partial charge on any atom is 0.342 e. The monoisotopic (exact) mass is 168 g/mol. The van der Waals surface area contributed by atoms with Crippen molar-refractivity contribution >= 4 is 11.5 Å². The van der Waals surface area contributed by atoms with Gasteiger partial charge in [-0.05, 0) is 12.1 Å². The number of methoxy groups -OCH3 is 1. The quantitative estimate of drug-likeness (QED) is 0.546. The van der Waals surface area contributed by atoms with Crippen molar-refractivity contribution in [2.24, 2.45) is 0 Å². The van der Waals surface area contributed by atoms with Crippen molar-refractivity contribution in [1.29, 1.82) is 0 Å². The van der Waals surface area contributed by atoms with Crippen molar-refractivity contribution < 1.29 is 19.1 Å². The first kappa shape index (κ1) is 8.39. The van der Waals surface area contributed by atoms with E-state index in [1.54, 1.807) is 12.1 Å². The van der Waals surface area contributed by atoms with Crippen LogP contribution in [0.5, 0.6) is 0 Å². The molecule has 0 fully saturated rings. The largest absolute Gasteiger partial charge is 0.503 e. The van der Waals surface area contributed by atoms with Gasteiger partial charge in [-0.15, -0.1) is 0 Å². The fourth-order valence-corrected chi connectivity index (χ4v) is 0.764. The molecule has 64 valence electrons. The molecule has 0 radical (unpaired) electrons. The van der Waals surface area contributed by atoms with Crippen molar-refractivity contribution in [3.63, 3.8) is 0 Å². The molecule has 0 saturated heterocycles. The smallest absolute Gasteiger partial charge is 0.342 e. The first-order valence-electron chi connectivity index (χ1n) is 3.26. The van der Waals surface area contributed by atoms with Crippen LogP contribution in [0.2, 0.25) is 0 Å². The molecule has 0 atom stereocenters. The summed E-state index contributed by atoms with van der Waals surface area (Å²) in [6.45, 7) is 0. The molecule has 4 nitrogen and oxygen atoms in total. The Balaban J connectivity index is 2.96. The molecular weight excluding hydrogens is 160 g/mol. The summed E-state index contributed by atoms with van der Waals surface area (Å²) >= 11 is 0. The number of ether oxygens (including phenoxy) is 1. The van der Waals surface area contributed by atoms with E-state index in [0.717, 1.165) is 6.26 Å². The molecule has 0 spiro atoms. The fraction of sp³-hybridized carbons (Fsp3) is 0.125. The molecule has 0 aliphatic carbocycles. The van der Waals surface area contributed by atoms with Crippen LogP contribution in [-0.2, 0) is 9.53 Å². The topological polar surface area (TPSA) is 59.7 Å². The molecule has 1 rings (SSSR count). The number of rotatable bonds is 3. The van der Waals surface area contributed by atoms with Gasteiger partial charge in [0.25, 0.3) is 0 Å². The molecule has 0 aromatic carbocycles. The summed E-state index contributed by atoms with van der Waals surface area (Å²) in [5, 5.41) is 8.67. The average Bonchev–Trinajstić information content (AvgIpc) is 2.51. The summed E-state index contributed by atoms with van der Waals surface area (Å²) in [6.07, 6.45) is 2.53. The Morgan fingerprint density at radius 2 is 2.50 bits per heavy atom. The van der Waals surface area contributed by atoms with Gasteiger partial charge in [0.2, 0.25) is 0 Å². The SMILES string of the molecule is CO/C=C(/C(=O)O)c1ccco1. The van der Waals surface area contributed by atoms with Crippen LogP contribution in [0.25, 0.3) is 5.57 Å². The van der Waals surface area contributed by atoms with Crippen LogP contribution in [0.4, 0.5) is 0 Å². The minimum absolute atomic E-state index is 0.00231. The lowest BCUT2D eigenvalue weighted by Crippen LogP contribution is -1.98. The van der Waals surface area contributed by atoms with Crippen LogP contribution >= 0.6 is 0 Å². The van der Waals surface area contributed by atoms with Gasteiger partial charge in [0.15, 0.2) is 0 Å². The van der Waals surface area contributed by atoms with E-state index in [-0.39, 0.29) is 11.3 Å². The third-order valence-electron chi connectivity index (χ3n) is 1.25. The van der Waals surface area contributed by atoms with E-state index in [0.29, 0.717) is 0 Å². The van der Waals surface area contributed by atoms with E-state index < -0.39 is 5.97 Å². The van der Waals surface area contributed by atoms with Crippen molar-refractivity contribution in [3.8, 4) is 0 Å². The molecule has 1 heterocycles. The molecule has 0 unspecified atom stereocenters. The number of carboxylic acid groups (broad SMARTS) is 1. The van der Waals surface area contributed by atoms with Crippen LogP contribution in [0.15, 0.2) is 29.1 Å². The van der Waals surface area contributed by atoms with Gasteiger partial charge in [0, 0.05) is 0 Å². The number of hydrogen-bond acceptors (Lipinski definition) is 3.